The zero-order valence-corrected chi connectivity index (χ0v) is 12.8. The van der Waals surface area contributed by atoms with Gasteiger partial charge in [-0.2, -0.15) is 0 Å². The maximum atomic E-state index is 5.54. The van der Waals surface area contributed by atoms with Gasteiger partial charge in [-0.15, -0.1) is 0 Å². The summed E-state index contributed by atoms with van der Waals surface area (Å²) in [5.74, 6) is 6.27. The summed E-state index contributed by atoms with van der Waals surface area (Å²) in [5, 5.41) is 0. The Kier molecular flexibility index (Phi) is 7.95. The second-order valence-corrected chi connectivity index (χ2v) is 5.55. The zero-order valence-electron chi connectivity index (χ0n) is 12.8. The highest BCUT2D eigenvalue weighted by Crippen LogP contribution is 2.22. The monoisotopic (exact) mass is 258 g/mol. The lowest BCUT2D eigenvalue weighted by Crippen LogP contribution is -2.50. The van der Waals surface area contributed by atoms with Crippen molar-refractivity contribution in [3.05, 3.63) is 0 Å². The third-order valence-electron chi connectivity index (χ3n) is 3.21. The minimum atomic E-state index is 0.178. The third kappa shape index (κ3) is 6.21. The molecule has 0 saturated carbocycles. The molecule has 5 nitrogen and oxygen atoms in total. The SMILES string of the molecule is CCOCCCN=C(NN)N(C)C(C)C(C)(C)C. The van der Waals surface area contributed by atoms with E-state index in [1.807, 2.05) is 14.0 Å². The van der Waals surface area contributed by atoms with Gasteiger partial charge in [-0.25, -0.2) is 5.84 Å². The van der Waals surface area contributed by atoms with Gasteiger partial charge >= 0.3 is 0 Å². The highest BCUT2D eigenvalue weighted by Gasteiger charge is 2.25. The summed E-state index contributed by atoms with van der Waals surface area (Å²) in [6, 6.07) is 0.346. The number of nitrogens with zero attached hydrogens (tertiary/aromatic N) is 2. The highest BCUT2D eigenvalue weighted by atomic mass is 16.5. The van der Waals surface area contributed by atoms with E-state index in [9.17, 15) is 0 Å². The van der Waals surface area contributed by atoms with Crippen LogP contribution in [0.3, 0.4) is 0 Å². The van der Waals surface area contributed by atoms with E-state index in [1.165, 1.54) is 0 Å². The number of hydrogen-bond donors (Lipinski definition) is 2. The Morgan fingerprint density at radius 1 is 1.44 bits per heavy atom. The molecule has 5 heteroatoms. The van der Waals surface area contributed by atoms with Crippen molar-refractivity contribution in [1.29, 1.82) is 0 Å². The molecule has 3 N–H and O–H groups in total. The van der Waals surface area contributed by atoms with Gasteiger partial charge < -0.3 is 9.64 Å². The van der Waals surface area contributed by atoms with Gasteiger partial charge in [0.2, 0.25) is 5.96 Å². The second-order valence-electron chi connectivity index (χ2n) is 5.55. The van der Waals surface area contributed by atoms with Crippen molar-refractivity contribution in [2.24, 2.45) is 16.3 Å². The lowest BCUT2D eigenvalue weighted by atomic mass is 9.87. The minimum Gasteiger partial charge on any atom is -0.382 e. The Hall–Kier alpha value is -0.810. The molecule has 0 saturated heterocycles. The van der Waals surface area contributed by atoms with Crippen LogP contribution in [0.4, 0.5) is 0 Å². The van der Waals surface area contributed by atoms with Gasteiger partial charge in [0.25, 0.3) is 0 Å². The van der Waals surface area contributed by atoms with Gasteiger partial charge in [0.05, 0.1) is 0 Å². The molecule has 0 aliphatic carbocycles. The summed E-state index contributed by atoms with van der Waals surface area (Å²) < 4.78 is 5.28. The average Bonchev–Trinajstić information content (AvgIpc) is 2.31. The van der Waals surface area contributed by atoms with E-state index in [0.29, 0.717) is 6.04 Å². The van der Waals surface area contributed by atoms with Crippen LogP contribution < -0.4 is 11.3 Å². The maximum Gasteiger partial charge on any atom is 0.208 e. The molecule has 108 valence electrons. The van der Waals surface area contributed by atoms with Crippen molar-refractivity contribution in [3.63, 3.8) is 0 Å². The summed E-state index contributed by atoms with van der Waals surface area (Å²) in [5.41, 5.74) is 2.86. The molecule has 1 atom stereocenters. The van der Waals surface area contributed by atoms with Crippen molar-refractivity contribution in [2.45, 2.75) is 47.1 Å². The van der Waals surface area contributed by atoms with Crippen LogP contribution in [0.2, 0.25) is 0 Å². The third-order valence-corrected chi connectivity index (χ3v) is 3.21. The summed E-state index contributed by atoms with van der Waals surface area (Å²) in [7, 11) is 2.01. The quantitative estimate of drug-likeness (QED) is 0.250. The Morgan fingerprint density at radius 3 is 2.50 bits per heavy atom. The molecular formula is C13H30N4O. The number of aliphatic imine (C=N–C) groups is 1. The molecule has 0 aliphatic heterocycles. The van der Waals surface area contributed by atoms with Crippen LogP contribution in [-0.4, -0.2) is 43.7 Å². The van der Waals surface area contributed by atoms with Crippen molar-refractivity contribution in [1.82, 2.24) is 10.3 Å². The predicted molar refractivity (Wildman–Crippen MR) is 77.4 cm³/mol. The van der Waals surface area contributed by atoms with E-state index < -0.39 is 0 Å². The number of rotatable bonds is 6. The van der Waals surface area contributed by atoms with Crippen LogP contribution in [0.5, 0.6) is 0 Å². The molecule has 0 aliphatic rings. The van der Waals surface area contributed by atoms with Crippen molar-refractivity contribution in [2.75, 3.05) is 26.8 Å². The number of nitrogens with two attached hydrogens (primary N) is 1. The average molecular weight is 258 g/mol. The van der Waals surface area contributed by atoms with Crippen LogP contribution in [0, 0.1) is 5.41 Å². The van der Waals surface area contributed by atoms with E-state index in [4.69, 9.17) is 10.6 Å². The summed E-state index contributed by atoms with van der Waals surface area (Å²) in [6.45, 7) is 13.0. The van der Waals surface area contributed by atoms with E-state index in [2.05, 4.69) is 43.0 Å². The Labute approximate surface area is 112 Å². The predicted octanol–water partition coefficient (Wildman–Crippen LogP) is 1.60. The van der Waals surface area contributed by atoms with E-state index in [0.717, 1.165) is 32.1 Å². The van der Waals surface area contributed by atoms with Gasteiger partial charge in [0.15, 0.2) is 0 Å². The Balaban J connectivity index is 4.34. The fraction of sp³-hybridized carbons (Fsp3) is 0.923. The van der Waals surface area contributed by atoms with Crippen LogP contribution in [-0.2, 0) is 4.74 Å². The molecular weight excluding hydrogens is 228 g/mol. The summed E-state index contributed by atoms with van der Waals surface area (Å²) in [6.07, 6.45) is 0.913. The molecule has 0 aromatic carbocycles. The van der Waals surface area contributed by atoms with Crippen LogP contribution in [0.1, 0.15) is 41.0 Å². The zero-order chi connectivity index (χ0) is 14.2. The van der Waals surface area contributed by atoms with Crippen LogP contribution >= 0.6 is 0 Å². The fourth-order valence-corrected chi connectivity index (χ4v) is 1.52. The smallest absolute Gasteiger partial charge is 0.208 e. The maximum absolute atomic E-state index is 5.54. The molecule has 0 heterocycles. The van der Waals surface area contributed by atoms with Crippen LogP contribution in [0.25, 0.3) is 0 Å². The first-order chi connectivity index (χ1) is 8.34. The van der Waals surface area contributed by atoms with Crippen molar-refractivity contribution >= 4 is 5.96 Å². The first kappa shape index (κ1) is 17.2. The normalized spacial score (nSPS) is 14.5. The Morgan fingerprint density at radius 2 is 2.06 bits per heavy atom. The first-order valence-electron chi connectivity index (χ1n) is 6.66. The Bertz CT molecular complexity index is 248. The van der Waals surface area contributed by atoms with Crippen molar-refractivity contribution in [3.8, 4) is 0 Å². The molecule has 0 amide bonds. The number of ether oxygens (including phenoxy) is 1. The molecule has 0 radical (unpaired) electrons. The van der Waals surface area contributed by atoms with Gasteiger partial charge in [-0.3, -0.25) is 10.4 Å². The highest BCUT2D eigenvalue weighted by molar-refractivity contribution is 5.79. The molecule has 1 unspecified atom stereocenters. The molecule has 18 heavy (non-hydrogen) atoms. The fourth-order valence-electron chi connectivity index (χ4n) is 1.52. The van der Waals surface area contributed by atoms with Gasteiger partial charge in [-0.05, 0) is 25.7 Å². The topological polar surface area (TPSA) is 62.9 Å². The number of nitrogens with one attached hydrogen (secondary N) is 1. The summed E-state index contributed by atoms with van der Waals surface area (Å²) >= 11 is 0. The standard InChI is InChI=1S/C13H30N4O/c1-7-18-10-8-9-15-12(16-14)17(6)11(2)13(3,4)5/h11H,7-10,14H2,1-6H3,(H,15,16). The van der Waals surface area contributed by atoms with Gasteiger partial charge in [0.1, 0.15) is 0 Å². The molecule has 0 rings (SSSR count). The molecule has 0 aromatic rings. The van der Waals surface area contributed by atoms with Gasteiger partial charge in [0, 0.05) is 32.8 Å². The second kappa shape index (κ2) is 8.32. The van der Waals surface area contributed by atoms with Gasteiger partial charge in [-0.1, -0.05) is 20.8 Å². The lowest BCUT2D eigenvalue weighted by Gasteiger charge is -2.36. The lowest BCUT2D eigenvalue weighted by molar-refractivity contribution is 0.146. The molecule has 0 aromatic heterocycles. The molecule has 0 fully saturated rings. The number of hydrazine groups is 1. The molecule has 0 spiro atoms. The van der Waals surface area contributed by atoms with E-state index >= 15 is 0 Å². The summed E-state index contributed by atoms with van der Waals surface area (Å²) in [4.78, 5) is 6.56. The van der Waals surface area contributed by atoms with E-state index in [-0.39, 0.29) is 5.41 Å². The van der Waals surface area contributed by atoms with Crippen LogP contribution in [0.15, 0.2) is 4.99 Å². The number of hydrogen-bond acceptors (Lipinski definition) is 3. The number of guanidine groups is 1. The molecule has 0 bridgehead atoms. The van der Waals surface area contributed by atoms with Crippen molar-refractivity contribution < 1.29 is 4.74 Å². The van der Waals surface area contributed by atoms with E-state index in [1.54, 1.807) is 0 Å². The first-order valence-corrected chi connectivity index (χ1v) is 6.66. The largest absolute Gasteiger partial charge is 0.382 e. The minimum absolute atomic E-state index is 0.178.